The molecular weight excluding hydrogens is 209 g/mol. The lowest BCUT2D eigenvalue weighted by Gasteiger charge is -2.21. The molecule has 0 saturated carbocycles. The van der Waals surface area contributed by atoms with Gasteiger partial charge in [-0.3, -0.25) is 4.79 Å². The van der Waals surface area contributed by atoms with Crippen LogP contribution in [0.15, 0.2) is 24.3 Å². The molecule has 16 heavy (non-hydrogen) atoms. The van der Waals surface area contributed by atoms with Crippen molar-refractivity contribution >= 4 is 11.6 Å². The van der Waals surface area contributed by atoms with Crippen LogP contribution in [0.1, 0.15) is 19.3 Å². The van der Waals surface area contributed by atoms with Crippen molar-refractivity contribution in [2.45, 2.75) is 25.4 Å². The van der Waals surface area contributed by atoms with Gasteiger partial charge in [-0.1, -0.05) is 6.07 Å². The van der Waals surface area contributed by atoms with Crippen LogP contribution in [-0.4, -0.2) is 18.6 Å². The first-order valence-electron chi connectivity index (χ1n) is 5.44. The Bertz CT molecular complexity index is 375. The van der Waals surface area contributed by atoms with Crippen LogP contribution in [0.25, 0.3) is 0 Å². The quantitative estimate of drug-likeness (QED) is 0.835. The van der Waals surface area contributed by atoms with Crippen molar-refractivity contribution in [1.82, 2.24) is 0 Å². The first kappa shape index (κ1) is 11.1. The van der Waals surface area contributed by atoms with Crippen molar-refractivity contribution in [3.05, 3.63) is 30.1 Å². The zero-order valence-electron chi connectivity index (χ0n) is 8.91. The maximum atomic E-state index is 12.9. The lowest BCUT2D eigenvalue weighted by molar-refractivity contribution is -0.129. The molecular formula is C12H14FNO2. The van der Waals surface area contributed by atoms with E-state index >= 15 is 0 Å². The molecule has 1 amide bonds. The highest BCUT2D eigenvalue weighted by atomic mass is 19.1. The van der Waals surface area contributed by atoms with Crippen LogP contribution in [0.2, 0.25) is 0 Å². The summed E-state index contributed by atoms with van der Waals surface area (Å²) in [6, 6.07) is 5.85. The van der Waals surface area contributed by atoms with E-state index in [9.17, 15) is 9.18 Å². The van der Waals surface area contributed by atoms with Gasteiger partial charge in [-0.15, -0.1) is 0 Å². The van der Waals surface area contributed by atoms with Crippen molar-refractivity contribution in [2.75, 3.05) is 11.9 Å². The number of amides is 1. The minimum atomic E-state index is -0.392. The second-order valence-electron chi connectivity index (χ2n) is 3.85. The van der Waals surface area contributed by atoms with Gasteiger partial charge < -0.3 is 10.1 Å². The molecule has 0 aliphatic carbocycles. The smallest absolute Gasteiger partial charge is 0.253 e. The molecule has 1 aliphatic rings. The number of hydrogen-bond acceptors (Lipinski definition) is 2. The molecule has 3 nitrogen and oxygen atoms in total. The summed E-state index contributed by atoms with van der Waals surface area (Å²) in [4.78, 5) is 11.7. The van der Waals surface area contributed by atoms with E-state index in [0.717, 1.165) is 19.3 Å². The van der Waals surface area contributed by atoms with Gasteiger partial charge >= 0.3 is 0 Å². The maximum absolute atomic E-state index is 12.9. The van der Waals surface area contributed by atoms with E-state index in [-0.39, 0.29) is 11.7 Å². The van der Waals surface area contributed by atoms with E-state index in [1.165, 1.54) is 12.1 Å². The lowest BCUT2D eigenvalue weighted by atomic mass is 10.1. The van der Waals surface area contributed by atoms with Crippen LogP contribution in [0.5, 0.6) is 0 Å². The Hall–Kier alpha value is -1.42. The van der Waals surface area contributed by atoms with Crippen LogP contribution in [0.3, 0.4) is 0 Å². The molecule has 0 radical (unpaired) electrons. The van der Waals surface area contributed by atoms with Gasteiger partial charge in [0.1, 0.15) is 11.9 Å². The van der Waals surface area contributed by atoms with Crippen molar-refractivity contribution in [3.8, 4) is 0 Å². The number of ether oxygens (including phenoxy) is 1. The highest BCUT2D eigenvalue weighted by molar-refractivity contribution is 5.94. The van der Waals surface area contributed by atoms with Gasteiger partial charge in [0.2, 0.25) is 0 Å². The molecule has 1 aromatic carbocycles. The van der Waals surface area contributed by atoms with E-state index < -0.39 is 6.10 Å². The summed E-state index contributed by atoms with van der Waals surface area (Å²) in [6.07, 6.45) is 2.35. The van der Waals surface area contributed by atoms with Crippen molar-refractivity contribution in [3.63, 3.8) is 0 Å². The van der Waals surface area contributed by atoms with E-state index in [4.69, 9.17) is 4.74 Å². The first-order valence-corrected chi connectivity index (χ1v) is 5.44. The second-order valence-corrected chi connectivity index (χ2v) is 3.85. The molecule has 1 atom stereocenters. The molecule has 1 heterocycles. The number of benzene rings is 1. The Morgan fingerprint density at radius 2 is 2.31 bits per heavy atom. The third kappa shape index (κ3) is 2.79. The third-order valence-corrected chi connectivity index (χ3v) is 2.56. The standard InChI is InChI=1S/C12H14FNO2/c13-9-4-3-5-10(8-9)14-12(15)11-6-1-2-7-16-11/h3-5,8,11H,1-2,6-7H2,(H,14,15). The number of halogens is 1. The third-order valence-electron chi connectivity index (χ3n) is 2.56. The number of rotatable bonds is 2. The number of hydrogen-bond donors (Lipinski definition) is 1. The monoisotopic (exact) mass is 223 g/mol. The summed E-state index contributed by atoms with van der Waals surface area (Å²) in [5.74, 6) is -0.548. The van der Waals surface area contributed by atoms with Crippen LogP contribution in [0.4, 0.5) is 10.1 Å². The highest BCUT2D eigenvalue weighted by Crippen LogP contribution is 2.15. The van der Waals surface area contributed by atoms with E-state index in [0.29, 0.717) is 12.3 Å². The van der Waals surface area contributed by atoms with Gasteiger partial charge in [-0.25, -0.2) is 4.39 Å². The minimum absolute atomic E-state index is 0.190. The number of anilines is 1. The van der Waals surface area contributed by atoms with Gasteiger partial charge in [-0.2, -0.15) is 0 Å². The fourth-order valence-electron chi connectivity index (χ4n) is 1.74. The van der Waals surface area contributed by atoms with E-state index in [1.54, 1.807) is 12.1 Å². The molecule has 1 saturated heterocycles. The molecule has 2 rings (SSSR count). The summed E-state index contributed by atoms with van der Waals surface area (Å²) in [5, 5.41) is 2.65. The SMILES string of the molecule is O=C(Nc1cccc(F)c1)C1CCCCO1. The Morgan fingerprint density at radius 1 is 1.44 bits per heavy atom. The number of carbonyl (C=O) groups is 1. The fourth-order valence-corrected chi connectivity index (χ4v) is 1.74. The predicted molar refractivity (Wildman–Crippen MR) is 58.6 cm³/mol. The lowest BCUT2D eigenvalue weighted by Crippen LogP contribution is -2.33. The van der Waals surface area contributed by atoms with E-state index in [1.807, 2.05) is 0 Å². The first-order chi connectivity index (χ1) is 7.75. The van der Waals surface area contributed by atoms with Crippen molar-refractivity contribution < 1.29 is 13.9 Å². The van der Waals surface area contributed by atoms with Crippen LogP contribution >= 0.6 is 0 Å². The molecule has 0 bridgehead atoms. The molecule has 1 fully saturated rings. The van der Waals surface area contributed by atoms with Gasteiger partial charge in [0.05, 0.1) is 0 Å². The summed E-state index contributed by atoms with van der Waals surface area (Å²) < 4.78 is 18.2. The van der Waals surface area contributed by atoms with Gasteiger partial charge in [0.25, 0.3) is 5.91 Å². The molecule has 1 unspecified atom stereocenters. The van der Waals surface area contributed by atoms with Crippen molar-refractivity contribution in [2.24, 2.45) is 0 Å². The van der Waals surface area contributed by atoms with Crippen LogP contribution in [0, 0.1) is 5.82 Å². The molecule has 0 aromatic heterocycles. The van der Waals surface area contributed by atoms with Gasteiger partial charge in [0, 0.05) is 12.3 Å². The normalized spacial score (nSPS) is 20.4. The molecule has 86 valence electrons. The zero-order valence-corrected chi connectivity index (χ0v) is 8.91. The molecule has 1 N–H and O–H groups in total. The average Bonchev–Trinajstić information content (AvgIpc) is 2.30. The summed E-state index contributed by atoms with van der Waals surface area (Å²) in [6.45, 7) is 0.626. The van der Waals surface area contributed by atoms with Crippen LogP contribution < -0.4 is 5.32 Å². The Kier molecular flexibility index (Phi) is 3.51. The van der Waals surface area contributed by atoms with E-state index in [2.05, 4.69) is 5.32 Å². The molecule has 4 heteroatoms. The summed E-state index contributed by atoms with van der Waals surface area (Å²) >= 11 is 0. The Labute approximate surface area is 93.6 Å². The summed E-state index contributed by atoms with van der Waals surface area (Å²) in [7, 11) is 0. The van der Waals surface area contributed by atoms with Gasteiger partial charge in [-0.05, 0) is 37.5 Å². The molecule has 1 aliphatic heterocycles. The van der Waals surface area contributed by atoms with Crippen LogP contribution in [-0.2, 0) is 9.53 Å². The maximum Gasteiger partial charge on any atom is 0.253 e. The predicted octanol–water partition coefficient (Wildman–Crippen LogP) is 2.33. The molecule has 0 spiro atoms. The second kappa shape index (κ2) is 5.07. The Morgan fingerprint density at radius 3 is 3.00 bits per heavy atom. The fraction of sp³-hybridized carbons (Fsp3) is 0.417. The number of carbonyl (C=O) groups excluding carboxylic acids is 1. The highest BCUT2D eigenvalue weighted by Gasteiger charge is 2.21. The summed E-state index contributed by atoms with van der Waals surface area (Å²) in [5.41, 5.74) is 0.471. The largest absolute Gasteiger partial charge is 0.368 e. The van der Waals surface area contributed by atoms with Crippen molar-refractivity contribution in [1.29, 1.82) is 0 Å². The average molecular weight is 223 g/mol. The molecule has 1 aromatic rings. The minimum Gasteiger partial charge on any atom is -0.368 e. The Balaban J connectivity index is 1.96. The number of nitrogens with one attached hydrogen (secondary N) is 1. The zero-order chi connectivity index (χ0) is 11.4. The topological polar surface area (TPSA) is 38.3 Å². The van der Waals surface area contributed by atoms with Gasteiger partial charge in [0.15, 0.2) is 0 Å².